The molecule has 0 radical (unpaired) electrons. The topological polar surface area (TPSA) is 52.6 Å². The molecular weight excluding hydrogens is 256 g/mol. The Labute approximate surface area is 120 Å². The van der Waals surface area contributed by atoms with E-state index in [4.69, 9.17) is 9.47 Å². The summed E-state index contributed by atoms with van der Waals surface area (Å²) in [4.78, 5) is 23.2. The third-order valence-corrected chi connectivity index (χ3v) is 3.16. The lowest BCUT2D eigenvalue weighted by atomic mass is 9.94. The highest BCUT2D eigenvalue weighted by molar-refractivity contribution is 5.83. The van der Waals surface area contributed by atoms with E-state index < -0.39 is 0 Å². The first kappa shape index (κ1) is 16.5. The smallest absolute Gasteiger partial charge is 0.330 e. The molecule has 0 spiro atoms. The van der Waals surface area contributed by atoms with Crippen molar-refractivity contribution in [3.63, 3.8) is 0 Å². The maximum absolute atomic E-state index is 11.6. The number of esters is 2. The summed E-state index contributed by atoms with van der Waals surface area (Å²) in [5, 5.41) is 0. The molecular formula is C16H24O4. The summed E-state index contributed by atoms with van der Waals surface area (Å²) in [6, 6.07) is 0. The molecule has 2 unspecified atom stereocenters. The van der Waals surface area contributed by atoms with Gasteiger partial charge in [-0.2, -0.15) is 0 Å². The van der Waals surface area contributed by atoms with E-state index >= 15 is 0 Å². The fourth-order valence-corrected chi connectivity index (χ4v) is 2.14. The van der Waals surface area contributed by atoms with Crippen LogP contribution in [0.15, 0.2) is 24.3 Å². The molecule has 0 saturated heterocycles. The third kappa shape index (κ3) is 6.04. The SMILES string of the molecule is CCC=CC(=O)OC1CCCCC1OC(=O)C=CCC. The molecule has 0 N–H and O–H groups in total. The van der Waals surface area contributed by atoms with Crippen LogP contribution in [0.25, 0.3) is 0 Å². The first-order valence-electron chi connectivity index (χ1n) is 7.41. The molecule has 0 aromatic carbocycles. The van der Waals surface area contributed by atoms with E-state index in [2.05, 4.69) is 0 Å². The molecule has 2 atom stereocenters. The van der Waals surface area contributed by atoms with Crippen molar-refractivity contribution in [3.05, 3.63) is 24.3 Å². The standard InChI is InChI=1S/C16H24O4/c1-3-5-11-15(17)19-13-9-7-8-10-14(13)20-16(18)12-6-4-2/h5-6,11-14H,3-4,7-10H2,1-2H3. The van der Waals surface area contributed by atoms with Gasteiger partial charge in [0.2, 0.25) is 0 Å². The van der Waals surface area contributed by atoms with Gasteiger partial charge in [0.1, 0.15) is 12.2 Å². The Kier molecular flexibility index (Phi) is 7.70. The molecule has 0 aromatic rings. The lowest BCUT2D eigenvalue weighted by Gasteiger charge is -2.30. The van der Waals surface area contributed by atoms with Gasteiger partial charge in [0.25, 0.3) is 0 Å². The Morgan fingerprint density at radius 1 is 0.900 bits per heavy atom. The van der Waals surface area contributed by atoms with Crippen LogP contribution >= 0.6 is 0 Å². The minimum Gasteiger partial charge on any atom is -0.455 e. The first-order valence-corrected chi connectivity index (χ1v) is 7.41. The number of hydrogen-bond acceptors (Lipinski definition) is 4. The van der Waals surface area contributed by atoms with E-state index in [0.717, 1.165) is 38.5 Å². The van der Waals surface area contributed by atoms with E-state index in [1.54, 1.807) is 12.2 Å². The molecule has 4 nitrogen and oxygen atoms in total. The number of carbonyl (C=O) groups is 2. The van der Waals surface area contributed by atoms with Crippen LogP contribution in [-0.2, 0) is 19.1 Å². The maximum atomic E-state index is 11.6. The van der Waals surface area contributed by atoms with Gasteiger partial charge in [0.05, 0.1) is 0 Å². The van der Waals surface area contributed by atoms with Gasteiger partial charge in [0, 0.05) is 12.2 Å². The molecule has 0 heterocycles. The lowest BCUT2D eigenvalue weighted by Crippen LogP contribution is -2.37. The van der Waals surface area contributed by atoms with Gasteiger partial charge in [0.15, 0.2) is 0 Å². The highest BCUT2D eigenvalue weighted by Crippen LogP contribution is 2.24. The van der Waals surface area contributed by atoms with Crippen LogP contribution in [0.1, 0.15) is 52.4 Å². The quantitative estimate of drug-likeness (QED) is 0.553. The van der Waals surface area contributed by atoms with Crippen LogP contribution in [-0.4, -0.2) is 24.1 Å². The number of carbonyl (C=O) groups excluding carboxylic acids is 2. The second-order valence-corrected chi connectivity index (χ2v) is 4.86. The van der Waals surface area contributed by atoms with Gasteiger partial charge < -0.3 is 9.47 Å². The number of allylic oxidation sites excluding steroid dienone is 2. The monoisotopic (exact) mass is 280 g/mol. The summed E-state index contributed by atoms with van der Waals surface area (Å²) in [5.74, 6) is -0.715. The molecule has 1 fully saturated rings. The summed E-state index contributed by atoms with van der Waals surface area (Å²) in [7, 11) is 0. The average Bonchev–Trinajstić information content (AvgIpc) is 2.45. The minimum absolute atomic E-state index is 0.322. The van der Waals surface area contributed by atoms with Crippen molar-refractivity contribution in [1.82, 2.24) is 0 Å². The normalized spacial score (nSPS) is 23.1. The number of ether oxygens (including phenoxy) is 2. The summed E-state index contributed by atoms with van der Waals surface area (Å²) in [5.41, 5.74) is 0. The van der Waals surface area contributed by atoms with Gasteiger partial charge in [-0.1, -0.05) is 26.0 Å². The van der Waals surface area contributed by atoms with Crippen molar-refractivity contribution in [2.24, 2.45) is 0 Å². The van der Waals surface area contributed by atoms with Gasteiger partial charge in [-0.3, -0.25) is 0 Å². The third-order valence-electron chi connectivity index (χ3n) is 3.16. The molecule has 0 aliphatic heterocycles. The van der Waals surface area contributed by atoms with Crippen molar-refractivity contribution < 1.29 is 19.1 Å². The van der Waals surface area contributed by atoms with Crippen LogP contribution < -0.4 is 0 Å². The summed E-state index contributed by atoms with van der Waals surface area (Å²) in [6.45, 7) is 3.91. The molecule has 1 rings (SSSR count). The van der Waals surface area contributed by atoms with Crippen LogP contribution in [0.2, 0.25) is 0 Å². The summed E-state index contributed by atoms with van der Waals surface area (Å²) < 4.78 is 10.8. The maximum Gasteiger partial charge on any atom is 0.330 e. The minimum atomic E-state index is -0.358. The molecule has 0 aromatic heterocycles. The van der Waals surface area contributed by atoms with Crippen molar-refractivity contribution >= 4 is 11.9 Å². The Morgan fingerprint density at radius 2 is 1.30 bits per heavy atom. The molecule has 1 aliphatic carbocycles. The Balaban J connectivity index is 2.53. The fraction of sp³-hybridized carbons (Fsp3) is 0.625. The highest BCUT2D eigenvalue weighted by Gasteiger charge is 2.30. The van der Waals surface area contributed by atoms with Gasteiger partial charge in [-0.05, 0) is 38.5 Å². The molecule has 112 valence electrons. The van der Waals surface area contributed by atoms with Gasteiger partial charge in [-0.15, -0.1) is 0 Å². The van der Waals surface area contributed by atoms with Crippen molar-refractivity contribution in [3.8, 4) is 0 Å². The molecule has 0 bridgehead atoms. The second-order valence-electron chi connectivity index (χ2n) is 4.86. The lowest BCUT2D eigenvalue weighted by molar-refractivity contribution is -0.165. The largest absolute Gasteiger partial charge is 0.455 e. The average molecular weight is 280 g/mol. The van der Waals surface area contributed by atoms with Crippen molar-refractivity contribution in [1.29, 1.82) is 0 Å². The van der Waals surface area contributed by atoms with Crippen molar-refractivity contribution in [2.45, 2.75) is 64.6 Å². The molecule has 20 heavy (non-hydrogen) atoms. The van der Waals surface area contributed by atoms with E-state index in [0.29, 0.717) is 0 Å². The molecule has 1 saturated carbocycles. The van der Waals surface area contributed by atoms with E-state index in [-0.39, 0.29) is 24.1 Å². The fourth-order valence-electron chi connectivity index (χ4n) is 2.14. The molecule has 1 aliphatic rings. The van der Waals surface area contributed by atoms with Gasteiger partial charge >= 0.3 is 11.9 Å². The van der Waals surface area contributed by atoms with E-state index in [1.807, 2.05) is 13.8 Å². The van der Waals surface area contributed by atoms with Crippen LogP contribution in [0.3, 0.4) is 0 Å². The molecule has 0 amide bonds. The zero-order valence-corrected chi connectivity index (χ0v) is 12.3. The molecule has 4 heteroatoms. The number of hydrogen-bond donors (Lipinski definition) is 0. The second kappa shape index (κ2) is 9.34. The Bertz CT molecular complexity index is 335. The van der Waals surface area contributed by atoms with Crippen LogP contribution in [0.4, 0.5) is 0 Å². The Morgan fingerprint density at radius 3 is 1.65 bits per heavy atom. The predicted molar refractivity (Wildman–Crippen MR) is 77.1 cm³/mol. The zero-order valence-electron chi connectivity index (χ0n) is 12.3. The number of rotatable bonds is 6. The zero-order chi connectivity index (χ0) is 14.8. The summed E-state index contributed by atoms with van der Waals surface area (Å²) in [6.07, 6.45) is 10.8. The highest BCUT2D eigenvalue weighted by atomic mass is 16.6. The Hall–Kier alpha value is -1.58. The predicted octanol–water partition coefficient (Wildman–Crippen LogP) is 3.32. The van der Waals surface area contributed by atoms with Crippen LogP contribution in [0, 0.1) is 0 Å². The van der Waals surface area contributed by atoms with Crippen molar-refractivity contribution in [2.75, 3.05) is 0 Å². The van der Waals surface area contributed by atoms with E-state index in [9.17, 15) is 9.59 Å². The summed E-state index contributed by atoms with van der Waals surface area (Å²) >= 11 is 0. The van der Waals surface area contributed by atoms with E-state index in [1.165, 1.54) is 12.2 Å². The van der Waals surface area contributed by atoms with Crippen LogP contribution in [0.5, 0.6) is 0 Å². The first-order chi connectivity index (χ1) is 9.67. The van der Waals surface area contributed by atoms with Gasteiger partial charge in [-0.25, -0.2) is 9.59 Å².